The number of anilines is 1. The third-order valence-corrected chi connectivity index (χ3v) is 4.96. The second-order valence-electron chi connectivity index (χ2n) is 5.82. The monoisotopic (exact) mass is 372 g/mol. The Labute approximate surface area is 154 Å². The molecule has 0 radical (unpaired) electrons. The first-order valence-corrected chi connectivity index (χ1v) is 8.70. The van der Waals surface area contributed by atoms with Crippen molar-refractivity contribution < 1.29 is 4.74 Å². The van der Waals surface area contributed by atoms with Crippen molar-refractivity contribution in [3.8, 4) is 0 Å². The lowest BCUT2D eigenvalue weighted by Gasteiger charge is -2.12. The third kappa shape index (κ3) is 3.06. The molecule has 9 heteroatoms. The molecule has 1 N–H and O–H groups in total. The summed E-state index contributed by atoms with van der Waals surface area (Å²) in [6.45, 7) is 5.49. The van der Waals surface area contributed by atoms with Crippen molar-refractivity contribution in [2.75, 3.05) is 26.1 Å². The predicted molar refractivity (Wildman–Crippen MR) is 105 cm³/mol. The lowest BCUT2D eigenvalue weighted by molar-refractivity contribution is 0.125. The number of nitrogens with zero attached hydrogens (tertiary/aromatic N) is 5. The first kappa shape index (κ1) is 18.0. The van der Waals surface area contributed by atoms with Crippen LogP contribution < -0.4 is 15.8 Å². The van der Waals surface area contributed by atoms with Gasteiger partial charge in [-0.25, -0.2) is 15.0 Å². The number of rotatable bonds is 6. The average Bonchev–Trinajstić information content (AvgIpc) is 3.02. The average molecular weight is 372 g/mol. The van der Waals surface area contributed by atoms with E-state index >= 15 is 0 Å². The van der Waals surface area contributed by atoms with Gasteiger partial charge in [0.2, 0.25) is 0 Å². The maximum atomic E-state index is 13.0. The summed E-state index contributed by atoms with van der Waals surface area (Å²) in [6, 6.07) is 0. The van der Waals surface area contributed by atoms with E-state index in [1.54, 1.807) is 19.4 Å². The summed E-state index contributed by atoms with van der Waals surface area (Å²) in [5.41, 5.74) is 1.16. The third-order valence-electron chi connectivity index (χ3n) is 3.89. The van der Waals surface area contributed by atoms with Crippen LogP contribution in [0.5, 0.6) is 0 Å². The summed E-state index contributed by atoms with van der Waals surface area (Å²) in [6.07, 6.45) is 6.01. The molecular formula is C17H20N6O2S. The van der Waals surface area contributed by atoms with Crippen molar-refractivity contribution in [1.29, 1.82) is 0 Å². The highest BCUT2D eigenvalue weighted by atomic mass is 32.1. The van der Waals surface area contributed by atoms with Crippen molar-refractivity contribution in [3.05, 3.63) is 41.9 Å². The van der Waals surface area contributed by atoms with Gasteiger partial charge in [0.05, 0.1) is 5.39 Å². The van der Waals surface area contributed by atoms with Crippen LogP contribution in [0.25, 0.3) is 26.1 Å². The molecule has 0 fully saturated rings. The number of aromatic nitrogens is 4. The molecule has 0 bridgehead atoms. The number of allylic oxidation sites excluding steroid dienone is 1. The second-order valence-corrected chi connectivity index (χ2v) is 6.81. The Morgan fingerprint density at radius 2 is 2.19 bits per heavy atom. The molecule has 26 heavy (non-hydrogen) atoms. The van der Waals surface area contributed by atoms with Gasteiger partial charge in [0.1, 0.15) is 39.7 Å². The molecule has 3 aromatic rings. The van der Waals surface area contributed by atoms with Gasteiger partial charge >= 0.3 is 0 Å². The van der Waals surface area contributed by atoms with E-state index in [4.69, 9.17) is 4.74 Å². The van der Waals surface area contributed by atoms with Crippen molar-refractivity contribution in [2.45, 2.75) is 13.2 Å². The van der Waals surface area contributed by atoms with E-state index in [0.717, 1.165) is 16.0 Å². The smallest absolute Gasteiger partial charge is 0.275 e. The molecule has 0 aliphatic rings. The Balaban J connectivity index is 2.14. The first-order valence-electron chi connectivity index (χ1n) is 7.88. The van der Waals surface area contributed by atoms with E-state index in [2.05, 4.69) is 26.8 Å². The molecule has 1 unspecified atom stereocenters. The van der Waals surface area contributed by atoms with E-state index in [-0.39, 0.29) is 11.8 Å². The van der Waals surface area contributed by atoms with E-state index in [1.165, 1.54) is 28.6 Å². The fourth-order valence-corrected chi connectivity index (χ4v) is 3.56. The van der Waals surface area contributed by atoms with Crippen LogP contribution in [-0.4, -0.2) is 47.0 Å². The molecule has 0 spiro atoms. The Hall–Kier alpha value is -2.78. The summed E-state index contributed by atoms with van der Waals surface area (Å²) in [7, 11) is 5.37. The number of methoxy groups -OCH3 is 1. The minimum Gasteiger partial charge on any atom is -0.362 e. The van der Waals surface area contributed by atoms with E-state index in [0.29, 0.717) is 15.9 Å². The molecule has 3 aromatic heterocycles. The fraction of sp³-hybridized carbons (Fsp3) is 0.294. The molecule has 0 aliphatic carbocycles. The van der Waals surface area contributed by atoms with Gasteiger partial charge in [0.15, 0.2) is 0 Å². The molecule has 0 aliphatic heterocycles. The maximum absolute atomic E-state index is 13.0. The van der Waals surface area contributed by atoms with Crippen LogP contribution in [0.15, 0.2) is 36.3 Å². The summed E-state index contributed by atoms with van der Waals surface area (Å²) in [4.78, 5) is 28.7. The molecule has 3 rings (SSSR count). The quantitative estimate of drug-likeness (QED) is 0.523. The SMILES string of the molecule is C=CC(N/C=C(\C)n1cnc2c(sc3ncnc(N(C)C)c32)c1=O)OC. The zero-order chi connectivity index (χ0) is 18.8. The van der Waals surface area contributed by atoms with Crippen molar-refractivity contribution >= 4 is 43.3 Å². The van der Waals surface area contributed by atoms with Gasteiger partial charge < -0.3 is 15.0 Å². The molecule has 136 valence electrons. The Bertz CT molecular complexity index is 1050. The summed E-state index contributed by atoms with van der Waals surface area (Å²) >= 11 is 1.32. The minimum absolute atomic E-state index is 0.147. The molecule has 3 heterocycles. The highest BCUT2D eigenvalue weighted by Gasteiger charge is 2.17. The molecule has 8 nitrogen and oxygen atoms in total. The lowest BCUT2D eigenvalue weighted by Crippen LogP contribution is -2.25. The molecular weight excluding hydrogens is 352 g/mol. The van der Waals surface area contributed by atoms with Crippen LogP contribution in [0.2, 0.25) is 0 Å². The Morgan fingerprint density at radius 1 is 1.42 bits per heavy atom. The number of thiophene rings is 1. The van der Waals surface area contributed by atoms with Gasteiger partial charge in [-0.3, -0.25) is 9.36 Å². The highest BCUT2D eigenvalue weighted by Crippen LogP contribution is 2.33. The number of hydrogen-bond acceptors (Lipinski definition) is 8. The van der Waals surface area contributed by atoms with Crippen LogP contribution in [0.1, 0.15) is 6.92 Å². The molecule has 0 saturated carbocycles. The number of fused-ring (bicyclic) bond motifs is 3. The summed E-state index contributed by atoms with van der Waals surface area (Å²) < 4.78 is 7.20. The molecule has 0 amide bonds. The van der Waals surface area contributed by atoms with Gasteiger partial charge in [-0.1, -0.05) is 6.58 Å². The lowest BCUT2D eigenvalue weighted by atomic mass is 10.3. The predicted octanol–water partition coefficient (Wildman–Crippen LogP) is 2.03. The summed E-state index contributed by atoms with van der Waals surface area (Å²) in [5.74, 6) is 0.744. The number of ether oxygens (including phenoxy) is 1. The van der Waals surface area contributed by atoms with E-state index < -0.39 is 0 Å². The first-order chi connectivity index (χ1) is 12.5. The van der Waals surface area contributed by atoms with Crippen LogP contribution in [0.4, 0.5) is 5.82 Å². The second kappa shape index (κ2) is 7.22. The largest absolute Gasteiger partial charge is 0.362 e. The van der Waals surface area contributed by atoms with Gasteiger partial charge in [0.25, 0.3) is 5.56 Å². The van der Waals surface area contributed by atoms with Crippen LogP contribution in [0.3, 0.4) is 0 Å². The van der Waals surface area contributed by atoms with Crippen LogP contribution in [0, 0.1) is 0 Å². The molecule has 0 saturated heterocycles. The van der Waals surface area contributed by atoms with Crippen molar-refractivity contribution in [3.63, 3.8) is 0 Å². The summed E-state index contributed by atoms with van der Waals surface area (Å²) in [5, 5.41) is 3.83. The zero-order valence-corrected chi connectivity index (χ0v) is 15.9. The Morgan fingerprint density at radius 3 is 2.85 bits per heavy atom. The minimum atomic E-state index is -0.334. The van der Waals surface area contributed by atoms with Gasteiger partial charge in [-0.2, -0.15) is 0 Å². The maximum Gasteiger partial charge on any atom is 0.275 e. The zero-order valence-electron chi connectivity index (χ0n) is 15.1. The molecule has 1 atom stereocenters. The van der Waals surface area contributed by atoms with Crippen molar-refractivity contribution in [2.24, 2.45) is 0 Å². The van der Waals surface area contributed by atoms with E-state index in [9.17, 15) is 4.79 Å². The van der Waals surface area contributed by atoms with Crippen molar-refractivity contribution in [1.82, 2.24) is 24.8 Å². The highest BCUT2D eigenvalue weighted by molar-refractivity contribution is 7.25. The van der Waals surface area contributed by atoms with Gasteiger partial charge in [0, 0.05) is 33.1 Å². The topological polar surface area (TPSA) is 85.2 Å². The standard InChI is InChI=1S/C17H20N6O2S/c1-6-11(25-5)18-7-10(2)23-9-21-13-12-15(22(3)4)19-8-20-16(12)26-14(13)17(23)24/h6-9,11,18H,1H2,2-5H3/b10-7+. The Kier molecular flexibility index (Phi) is 5.01. The van der Waals surface area contributed by atoms with Gasteiger partial charge in [-0.05, 0) is 13.0 Å². The normalized spacial score (nSPS) is 13.2. The number of hydrogen-bond donors (Lipinski definition) is 1. The fourth-order valence-electron chi connectivity index (χ4n) is 2.54. The van der Waals surface area contributed by atoms with Crippen LogP contribution in [-0.2, 0) is 4.74 Å². The molecule has 0 aromatic carbocycles. The van der Waals surface area contributed by atoms with E-state index in [1.807, 2.05) is 25.9 Å². The number of nitrogens with one attached hydrogen (secondary N) is 1. The van der Waals surface area contributed by atoms with Gasteiger partial charge in [-0.15, -0.1) is 11.3 Å². The van der Waals surface area contributed by atoms with Crippen LogP contribution >= 0.6 is 11.3 Å².